The number of hydrogen-bond acceptors (Lipinski definition) is 11. The summed E-state index contributed by atoms with van der Waals surface area (Å²) < 4.78 is 54.5. The molecule has 0 aromatic heterocycles. The van der Waals surface area contributed by atoms with Gasteiger partial charge >= 0.3 is 11.9 Å². The third-order valence-electron chi connectivity index (χ3n) is 14.4. The molecule has 0 saturated carbocycles. The van der Waals surface area contributed by atoms with Gasteiger partial charge in [0.05, 0.1) is 6.61 Å². The van der Waals surface area contributed by atoms with E-state index in [0.29, 0.717) is 12.8 Å². The number of aliphatic hydroxyl groups excluding tert-OH is 3. The second kappa shape index (κ2) is 48.3. The molecule has 12 nitrogen and oxygen atoms in total. The minimum atomic E-state index is -4.60. The molecule has 13 heteroatoms. The molecule has 1 rings (SSSR count). The third-order valence-corrected chi connectivity index (χ3v) is 15.2. The fourth-order valence-electron chi connectivity index (χ4n) is 9.80. The van der Waals surface area contributed by atoms with Gasteiger partial charge in [-0.1, -0.05) is 277 Å². The van der Waals surface area contributed by atoms with Crippen LogP contribution in [0.4, 0.5) is 0 Å². The van der Waals surface area contributed by atoms with Gasteiger partial charge < -0.3 is 34.3 Å². The molecule has 6 unspecified atom stereocenters. The van der Waals surface area contributed by atoms with E-state index in [2.05, 4.69) is 13.8 Å². The summed E-state index contributed by atoms with van der Waals surface area (Å²) >= 11 is 0. The summed E-state index contributed by atoms with van der Waals surface area (Å²) in [7, 11) is -4.60. The largest absolute Gasteiger partial charge is 0.462 e. The van der Waals surface area contributed by atoms with Crippen LogP contribution in [0.25, 0.3) is 0 Å². The predicted molar refractivity (Wildman–Crippen MR) is 289 cm³/mol. The van der Waals surface area contributed by atoms with Gasteiger partial charge in [0.25, 0.3) is 10.1 Å². The van der Waals surface area contributed by atoms with E-state index in [0.717, 1.165) is 38.5 Å². The molecule has 0 radical (unpaired) electrons. The molecule has 6 atom stereocenters. The van der Waals surface area contributed by atoms with Gasteiger partial charge in [0, 0.05) is 12.8 Å². The fourth-order valence-corrected chi connectivity index (χ4v) is 10.5. The molecule has 0 spiro atoms. The third kappa shape index (κ3) is 42.6. The number of hydrogen-bond donors (Lipinski definition) is 4. The van der Waals surface area contributed by atoms with Crippen LogP contribution in [0.1, 0.15) is 303 Å². The molecule has 0 aromatic carbocycles. The van der Waals surface area contributed by atoms with E-state index in [4.69, 9.17) is 18.9 Å². The van der Waals surface area contributed by atoms with Crippen LogP contribution in [0.3, 0.4) is 0 Å². The van der Waals surface area contributed by atoms with Gasteiger partial charge in [-0.15, -0.1) is 0 Å². The molecule has 71 heavy (non-hydrogen) atoms. The number of ether oxygens (including phenoxy) is 4. The summed E-state index contributed by atoms with van der Waals surface area (Å²) in [5, 5.41) is 31.1. The van der Waals surface area contributed by atoms with Crippen LogP contribution >= 0.6 is 0 Å². The molecule has 1 saturated heterocycles. The van der Waals surface area contributed by atoms with Crippen LogP contribution < -0.4 is 0 Å². The van der Waals surface area contributed by atoms with Crippen molar-refractivity contribution in [2.75, 3.05) is 19.0 Å². The normalized spacial score (nSPS) is 18.8. The molecule has 1 heterocycles. The first-order chi connectivity index (χ1) is 34.5. The monoisotopic (exact) mass is 1030 g/mol. The highest BCUT2D eigenvalue weighted by Crippen LogP contribution is 2.24. The molecule has 4 N–H and O–H groups in total. The summed E-state index contributed by atoms with van der Waals surface area (Å²) in [6.45, 7) is 3.84. The Hall–Kier alpha value is -1.35. The number of esters is 2. The predicted octanol–water partition coefficient (Wildman–Crippen LogP) is 14.7. The highest BCUT2D eigenvalue weighted by atomic mass is 32.2. The van der Waals surface area contributed by atoms with Gasteiger partial charge in [0.2, 0.25) is 0 Å². The first kappa shape index (κ1) is 67.7. The van der Waals surface area contributed by atoms with Crippen molar-refractivity contribution < 1.29 is 56.8 Å². The SMILES string of the molecule is CCCCCCCCCCCCCCCCCCCCCCCCCC(=O)OC(COC(=O)CCCCCCCCCCCCCCCCCCCCCC)COC1OC(CS(=O)(=O)O)C(O)C(O)C1O. The van der Waals surface area contributed by atoms with Crippen molar-refractivity contribution in [2.24, 2.45) is 0 Å². The molecule has 1 aliphatic heterocycles. The smallest absolute Gasteiger partial charge is 0.306 e. The van der Waals surface area contributed by atoms with Gasteiger partial charge in [-0.2, -0.15) is 8.42 Å². The maximum atomic E-state index is 12.9. The van der Waals surface area contributed by atoms with Crippen molar-refractivity contribution in [3.63, 3.8) is 0 Å². The Kier molecular flexibility index (Phi) is 46.0. The summed E-state index contributed by atoms with van der Waals surface area (Å²) in [4.78, 5) is 25.6. The number of unbranched alkanes of at least 4 members (excludes halogenated alkanes) is 41. The van der Waals surface area contributed by atoms with Gasteiger partial charge in [-0.05, 0) is 12.8 Å². The molecule has 0 aromatic rings. The van der Waals surface area contributed by atoms with Crippen LogP contribution in [0, 0.1) is 0 Å². The van der Waals surface area contributed by atoms with Crippen LogP contribution in [-0.4, -0.2) is 96.0 Å². The molecular weight excluding hydrogens is 921 g/mol. The molecule has 1 fully saturated rings. The zero-order chi connectivity index (χ0) is 51.9. The molecule has 1 aliphatic rings. The van der Waals surface area contributed by atoms with Crippen LogP contribution in [0.5, 0.6) is 0 Å². The first-order valence-electron chi connectivity index (χ1n) is 30.1. The molecule has 422 valence electrons. The van der Waals surface area contributed by atoms with Crippen molar-refractivity contribution in [1.82, 2.24) is 0 Å². The summed E-state index contributed by atoms with van der Waals surface area (Å²) in [6.07, 6.45) is 45.8. The Labute approximate surface area is 435 Å². The van der Waals surface area contributed by atoms with Crippen molar-refractivity contribution >= 4 is 22.1 Å². The fraction of sp³-hybridized carbons (Fsp3) is 0.966. The molecular formula is C58H112O12S. The number of carbonyl (C=O) groups is 2. The number of carbonyl (C=O) groups excluding carboxylic acids is 2. The summed E-state index contributed by atoms with van der Waals surface area (Å²) in [6, 6.07) is 0. The van der Waals surface area contributed by atoms with Crippen molar-refractivity contribution in [3.8, 4) is 0 Å². The van der Waals surface area contributed by atoms with E-state index in [-0.39, 0.29) is 19.4 Å². The molecule has 0 bridgehead atoms. The number of rotatable bonds is 53. The second-order valence-electron chi connectivity index (χ2n) is 21.4. The second-order valence-corrected chi connectivity index (χ2v) is 22.9. The van der Waals surface area contributed by atoms with E-state index < -0.39 is 71.2 Å². The first-order valence-corrected chi connectivity index (χ1v) is 31.7. The lowest BCUT2D eigenvalue weighted by Crippen LogP contribution is -2.60. The highest BCUT2D eigenvalue weighted by molar-refractivity contribution is 7.85. The lowest BCUT2D eigenvalue weighted by molar-refractivity contribution is -0.297. The van der Waals surface area contributed by atoms with Gasteiger partial charge in [-0.3, -0.25) is 14.1 Å². The van der Waals surface area contributed by atoms with E-state index in [1.807, 2.05) is 0 Å². The Morgan fingerprint density at radius 3 is 1.03 bits per heavy atom. The highest BCUT2D eigenvalue weighted by Gasteiger charge is 2.46. The zero-order valence-corrected chi connectivity index (χ0v) is 46.7. The topological polar surface area (TPSA) is 186 Å². The quantitative estimate of drug-likeness (QED) is 0.0257. The van der Waals surface area contributed by atoms with Gasteiger partial charge in [0.1, 0.15) is 36.8 Å². The van der Waals surface area contributed by atoms with Gasteiger partial charge in [0.15, 0.2) is 12.4 Å². The Balaban J connectivity index is 2.27. The summed E-state index contributed by atoms with van der Waals surface area (Å²) in [5.74, 6) is -1.95. The average molecular weight is 1030 g/mol. The van der Waals surface area contributed by atoms with Crippen LogP contribution in [0.2, 0.25) is 0 Å². The zero-order valence-electron chi connectivity index (χ0n) is 45.9. The van der Waals surface area contributed by atoms with Crippen LogP contribution in [-0.2, 0) is 38.7 Å². The van der Waals surface area contributed by atoms with Crippen LogP contribution in [0.15, 0.2) is 0 Å². The van der Waals surface area contributed by atoms with E-state index in [1.165, 1.54) is 225 Å². The maximum absolute atomic E-state index is 12.9. The van der Waals surface area contributed by atoms with E-state index >= 15 is 0 Å². The standard InChI is InChI=1S/C58H112O12S/c1-3-5-7-9-11-13-15-17-19-21-23-25-26-27-29-31-33-35-37-39-41-43-45-47-54(60)69-51(49-68-58-57(63)56(62)55(61)52(70-58)50-71(64,65)66)48-67-53(59)46-44-42-40-38-36-34-32-30-28-24-22-20-18-16-14-12-10-8-6-4-2/h51-52,55-58,61-63H,3-50H2,1-2H3,(H,64,65,66). The average Bonchev–Trinajstić information content (AvgIpc) is 3.34. The molecule has 0 aliphatic carbocycles. The maximum Gasteiger partial charge on any atom is 0.306 e. The van der Waals surface area contributed by atoms with E-state index in [1.54, 1.807) is 0 Å². The lowest BCUT2D eigenvalue weighted by atomic mass is 10.00. The minimum absolute atomic E-state index is 0.174. The van der Waals surface area contributed by atoms with E-state index in [9.17, 15) is 37.9 Å². The van der Waals surface area contributed by atoms with Gasteiger partial charge in [-0.25, -0.2) is 0 Å². The van der Waals surface area contributed by atoms with Crippen molar-refractivity contribution in [1.29, 1.82) is 0 Å². The lowest BCUT2D eigenvalue weighted by Gasteiger charge is -2.40. The molecule has 0 amide bonds. The minimum Gasteiger partial charge on any atom is -0.462 e. The van der Waals surface area contributed by atoms with Crippen molar-refractivity contribution in [3.05, 3.63) is 0 Å². The summed E-state index contributed by atoms with van der Waals surface area (Å²) in [5.41, 5.74) is 0. The Morgan fingerprint density at radius 2 is 0.718 bits per heavy atom. The Morgan fingerprint density at radius 1 is 0.423 bits per heavy atom. The number of aliphatic hydroxyl groups is 3. The Bertz CT molecular complexity index is 1300. The van der Waals surface area contributed by atoms with Crippen molar-refractivity contribution in [2.45, 2.75) is 340 Å².